The average Bonchev–Trinajstić information content (AvgIpc) is 3.16. The standard InChI is InChI=1S/C18H16F3N3O/c1-25-13-5-7-24-16(10-13)23-15(17(24)18(19,20)21)9-11-2-3-14-12(8-11)4-6-22-14/h2-3,5,7-8,10,22H,4,6,9H2,1H3. The first-order chi connectivity index (χ1) is 12.0. The first-order valence-electron chi connectivity index (χ1n) is 7.93. The number of ether oxygens (including phenoxy) is 1. The van der Waals surface area contributed by atoms with Crippen LogP contribution in [0.4, 0.5) is 18.9 Å². The van der Waals surface area contributed by atoms with E-state index < -0.39 is 11.9 Å². The Labute approximate surface area is 142 Å². The summed E-state index contributed by atoms with van der Waals surface area (Å²) in [5, 5.41) is 3.25. The second-order valence-electron chi connectivity index (χ2n) is 6.04. The van der Waals surface area contributed by atoms with Crippen LogP contribution >= 0.6 is 0 Å². The van der Waals surface area contributed by atoms with Crippen LogP contribution in [0.1, 0.15) is 22.5 Å². The number of halogens is 3. The summed E-state index contributed by atoms with van der Waals surface area (Å²) in [5.74, 6) is 0.473. The van der Waals surface area contributed by atoms with E-state index in [-0.39, 0.29) is 17.8 Å². The Balaban J connectivity index is 1.80. The highest BCUT2D eigenvalue weighted by molar-refractivity contribution is 5.57. The van der Waals surface area contributed by atoms with Gasteiger partial charge in [0.25, 0.3) is 0 Å². The maximum Gasteiger partial charge on any atom is 0.433 e. The summed E-state index contributed by atoms with van der Waals surface area (Å²) in [7, 11) is 1.47. The Morgan fingerprint density at radius 3 is 2.84 bits per heavy atom. The molecule has 0 spiro atoms. The molecule has 0 bridgehead atoms. The lowest BCUT2D eigenvalue weighted by Gasteiger charge is -2.10. The number of nitrogens with one attached hydrogen (secondary N) is 1. The average molecular weight is 347 g/mol. The van der Waals surface area contributed by atoms with Gasteiger partial charge in [-0.15, -0.1) is 0 Å². The van der Waals surface area contributed by atoms with Gasteiger partial charge in [-0.05, 0) is 29.7 Å². The molecule has 1 aromatic carbocycles. The van der Waals surface area contributed by atoms with Crippen molar-refractivity contribution in [1.29, 1.82) is 0 Å². The number of methoxy groups -OCH3 is 1. The number of rotatable bonds is 3. The molecule has 0 saturated heterocycles. The van der Waals surface area contributed by atoms with E-state index in [9.17, 15) is 13.2 Å². The molecule has 25 heavy (non-hydrogen) atoms. The number of benzene rings is 1. The molecule has 2 aromatic heterocycles. The Bertz CT molecular complexity index is 947. The van der Waals surface area contributed by atoms with Crippen LogP contribution in [0.15, 0.2) is 36.5 Å². The van der Waals surface area contributed by atoms with Gasteiger partial charge in [-0.1, -0.05) is 12.1 Å². The number of fused-ring (bicyclic) bond motifs is 2. The molecule has 0 fully saturated rings. The van der Waals surface area contributed by atoms with E-state index in [1.54, 1.807) is 0 Å². The molecule has 0 aliphatic carbocycles. The van der Waals surface area contributed by atoms with E-state index in [0.717, 1.165) is 34.2 Å². The number of pyridine rings is 1. The highest BCUT2D eigenvalue weighted by atomic mass is 19.4. The van der Waals surface area contributed by atoms with Crippen molar-refractivity contribution >= 4 is 11.3 Å². The van der Waals surface area contributed by atoms with Crippen molar-refractivity contribution in [3.8, 4) is 5.75 Å². The number of hydrogen-bond donors (Lipinski definition) is 1. The summed E-state index contributed by atoms with van der Waals surface area (Å²) in [4.78, 5) is 4.22. The van der Waals surface area contributed by atoms with Crippen molar-refractivity contribution < 1.29 is 17.9 Å². The third-order valence-corrected chi connectivity index (χ3v) is 4.43. The van der Waals surface area contributed by atoms with Crippen molar-refractivity contribution in [3.63, 3.8) is 0 Å². The monoisotopic (exact) mass is 347 g/mol. The molecular weight excluding hydrogens is 331 g/mol. The number of hydrogen-bond acceptors (Lipinski definition) is 3. The molecule has 4 nitrogen and oxygen atoms in total. The minimum absolute atomic E-state index is 0.0201. The highest BCUT2D eigenvalue weighted by Gasteiger charge is 2.38. The van der Waals surface area contributed by atoms with Crippen molar-refractivity contribution in [1.82, 2.24) is 9.38 Å². The number of alkyl halides is 3. The van der Waals surface area contributed by atoms with Gasteiger partial charge in [0.15, 0.2) is 5.69 Å². The molecule has 0 radical (unpaired) electrons. The van der Waals surface area contributed by atoms with Gasteiger partial charge in [0, 0.05) is 30.9 Å². The molecular formula is C18H16F3N3O. The van der Waals surface area contributed by atoms with E-state index in [1.165, 1.54) is 25.4 Å². The predicted octanol–water partition coefficient (Wildman–Crippen LogP) is 3.92. The third kappa shape index (κ3) is 2.79. The normalized spacial score (nSPS) is 13.8. The quantitative estimate of drug-likeness (QED) is 0.780. The third-order valence-electron chi connectivity index (χ3n) is 4.43. The van der Waals surface area contributed by atoms with Crippen LogP contribution in [-0.4, -0.2) is 23.0 Å². The molecule has 4 rings (SSSR count). The van der Waals surface area contributed by atoms with Crippen molar-refractivity contribution in [2.24, 2.45) is 0 Å². The molecule has 1 aliphatic rings. The SMILES string of the molecule is COc1ccn2c(C(F)(F)F)c(Cc3ccc4c(c3)CCN4)nc2c1. The van der Waals surface area contributed by atoms with Crippen molar-refractivity contribution in [3.05, 3.63) is 59.0 Å². The largest absolute Gasteiger partial charge is 0.497 e. The second kappa shape index (κ2) is 5.68. The maximum atomic E-state index is 13.6. The van der Waals surface area contributed by atoms with Gasteiger partial charge in [-0.2, -0.15) is 13.2 Å². The van der Waals surface area contributed by atoms with Gasteiger partial charge in [0.2, 0.25) is 0 Å². The van der Waals surface area contributed by atoms with Gasteiger partial charge < -0.3 is 10.1 Å². The lowest BCUT2D eigenvalue weighted by molar-refractivity contribution is -0.142. The van der Waals surface area contributed by atoms with Gasteiger partial charge >= 0.3 is 6.18 Å². The number of aromatic nitrogens is 2. The van der Waals surface area contributed by atoms with E-state index in [2.05, 4.69) is 10.3 Å². The van der Waals surface area contributed by atoms with E-state index >= 15 is 0 Å². The minimum Gasteiger partial charge on any atom is -0.497 e. The molecule has 0 saturated carbocycles. The fourth-order valence-electron chi connectivity index (χ4n) is 3.29. The predicted molar refractivity (Wildman–Crippen MR) is 88.2 cm³/mol. The summed E-state index contributed by atoms with van der Waals surface area (Å²) < 4.78 is 47.0. The van der Waals surface area contributed by atoms with Crippen LogP contribution < -0.4 is 10.1 Å². The van der Waals surface area contributed by atoms with E-state index in [1.807, 2.05) is 18.2 Å². The van der Waals surface area contributed by atoms with E-state index in [0.29, 0.717) is 5.75 Å². The zero-order chi connectivity index (χ0) is 17.6. The number of imidazole rings is 1. The van der Waals surface area contributed by atoms with Gasteiger partial charge in [-0.25, -0.2) is 4.98 Å². The minimum atomic E-state index is -4.48. The summed E-state index contributed by atoms with van der Waals surface area (Å²) in [6.45, 7) is 0.862. The van der Waals surface area contributed by atoms with Crippen LogP contribution in [0.25, 0.3) is 5.65 Å². The molecule has 130 valence electrons. The number of nitrogens with zero attached hydrogens (tertiary/aromatic N) is 2. The van der Waals surface area contributed by atoms with Crippen molar-refractivity contribution in [2.45, 2.75) is 19.0 Å². The summed E-state index contributed by atoms with van der Waals surface area (Å²) in [5.41, 5.74) is 2.53. The maximum absolute atomic E-state index is 13.6. The van der Waals surface area contributed by atoms with Crippen LogP contribution in [0.3, 0.4) is 0 Å². The second-order valence-corrected chi connectivity index (χ2v) is 6.04. The van der Waals surface area contributed by atoms with Crippen LogP contribution in [-0.2, 0) is 19.0 Å². The molecule has 0 unspecified atom stereocenters. The smallest absolute Gasteiger partial charge is 0.433 e. The summed E-state index contributed by atoms with van der Waals surface area (Å²) in [6, 6.07) is 8.73. The fraction of sp³-hybridized carbons (Fsp3) is 0.278. The first-order valence-corrected chi connectivity index (χ1v) is 7.93. The lowest BCUT2D eigenvalue weighted by atomic mass is 10.0. The Morgan fingerprint density at radius 1 is 1.24 bits per heavy atom. The Kier molecular flexibility index (Phi) is 3.59. The van der Waals surface area contributed by atoms with Gasteiger partial charge in [0.1, 0.15) is 11.4 Å². The van der Waals surface area contributed by atoms with Crippen LogP contribution in [0.5, 0.6) is 5.75 Å². The molecule has 1 aliphatic heterocycles. The fourth-order valence-corrected chi connectivity index (χ4v) is 3.29. The highest BCUT2D eigenvalue weighted by Crippen LogP contribution is 2.35. The van der Waals surface area contributed by atoms with Crippen molar-refractivity contribution in [2.75, 3.05) is 19.0 Å². The molecule has 7 heteroatoms. The molecule has 0 amide bonds. The molecule has 3 aromatic rings. The summed E-state index contributed by atoms with van der Waals surface area (Å²) in [6.07, 6.45) is -2.12. The van der Waals surface area contributed by atoms with E-state index in [4.69, 9.17) is 4.74 Å². The molecule has 1 N–H and O–H groups in total. The Morgan fingerprint density at radius 2 is 2.08 bits per heavy atom. The van der Waals surface area contributed by atoms with Gasteiger partial charge in [-0.3, -0.25) is 4.40 Å². The number of anilines is 1. The lowest BCUT2D eigenvalue weighted by Crippen LogP contribution is -2.12. The first kappa shape index (κ1) is 15.8. The van der Waals surface area contributed by atoms with Crippen LogP contribution in [0.2, 0.25) is 0 Å². The molecule has 3 heterocycles. The summed E-state index contributed by atoms with van der Waals surface area (Å²) >= 11 is 0. The zero-order valence-corrected chi connectivity index (χ0v) is 13.5. The zero-order valence-electron chi connectivity index (χ0n) is 13.5. The van der Waals surface area contributed by atoms with Crippen LogP contribution in [0, 0.1) is 0 Å². The van der Waals surface area contributed by atoms with Gasteiger partial charge in [0.05, 0.1) is 12.8 Å². The topological polar surface area (TPSA) is 38.6 Å². The Hall–Kier alpha value is -2.70. The molecule has 0 atom stereocenters.